The van der Waals surface area contributed by atoms with Crippen LogP contribution in [0, 0.1) is 10.1 Å². The number of nitrogens with one attached hydrogen (secondary N) is 1. The van der Waals surface area contributed by atoms with E-state index in [0.29, 0.717) is 5.69 Å². The number of nitro groups is 1. The second-order valence-electron chi connectivity index (χ2n) is 4.20. The molecule has 0 bridgehead atoms. The number of aliphatic hydroxyl groups is 1. The van der Waals surface area contributed by atoms with Crippen LogP contribution in [0.2, 0.25) is 0 Å². The zero-order valence-electron chi connectivity index (χ0n) is 9.31. The first-order chi connectivity index (χ1) is 8.37. The summed E-state index contributed by atoms with van der Waals surface area (Å²) in [7, 11) is -3.24. The number of rotatable bonds is 3. The van der Waals surface area contributed by atoms with Crippen LogP contribution in [0.5, 0.6) is 0 Å². The molecule has 0 spiro atoms. The summed E-state index contributed by atoms with van der Waals surface area (Å²) in [6, 6.07) is 5.10. The van der Waals surface area contributed by atoms with Crippen molar-refractivity contribution in [1.82, 2.24) is 0 Å². The first-order valence-corrected chi connectivity index (χ1v) is 7.09. The van der Waals surface area contributed by atoms with Crippen molar-refractivity contribution in [2.24, 2.45) is 0 Å². The molecule has 0 amide bonds. The van der Waals surface area contributed by atoms with Crippen LogP contribution in [0.25, 0.3) is 0 Å². The van der Waals surface area contributed by atoms with Crippen LogP contribution < -0.4 is 5.32 Å². The molecule has 1 saturated heterocycles. The number of hydrogen-bond donors (Lipinski definition) is 2. The van der Waals surface area contributed by atoms with Crippen molar-refractivity contribution in [2.45, 2.75) is 12.1 Å². The molecule has 1 heterocycles. The van der Waals surface area contributed by atoms with Crippen molar-refractivity contribution < 1.29 is 18.4 Å². The lowest BCUT2D eigenvalue weighted by Crippen LogP contribution is -2.31. The van der Waals surface area contributed by atoms with Gasteiger partial charge in [0, 0.05) is 17.8 Å². The quantitative estimate of drug-likeness (QED) is 0.599. The van der Waals surface area contributed by atoms with E-state index in [1.54, 1.807) is 6.07 Å². The van der Waals surface area contributed by atoms with E-state index in [1.807, 2.05) is 0 Å². The summed E-state index contributed by atoms with van der Waals surface area (Å²) in [6.45, 7) is 0. The van der Waals surface area contributed by atoms with Crippen LogP contribution in [0.15, 0.2) is 24.3 Å². The lowest BCUT2D eigenvalue weighted by molar-refractivity contribution is -0.384. The largest absolute Gasteiger partial charge is 0.390 e. The zero-order valence-corrected chi connectivity index (χ0v) is 10.1. The highest BCUT2D eigenvalue weighted by atomic mass is 32.2. The van der Waals surface area contributed by atoms with E-state index in [9.17, 15) is 23.6 Å². The Hall–Kier alpha value is -1.67. The van der Waals surface area contributed by atoms with E-state index in [1.165, 1.54) is 18.2 Å². The maximum absolute atomic E-state index is 11.3. The van der Waals surface area contributed by atoms with Gasteiger partial charge in [-0.1, -0.05) is 6.07 Å². The topological polar surface area (TPSA) is 110 Å². The van der Waals surface area contributed by atoms with Crippen LogP contribution >= 0.6 is 0 Å². The Labute approximate surface area is 104 Å². The highest BCUT2D eigenvalue weighted by Gasteiger charge is 2.36. The summed E-state index contributed by atoms with van der Waals surface area (Å²) >= 11 is 0. The third kappa shape index (κ3) is 2.77. The number of nitrogens with zero attached hydrogens (tertiary/aromatic N) is 1. The minimum absolute atomic E-state index is 0.0876. The molecule has 0 aliphatic carbocycles. The molecule has 1 fully saturated rings. The molecule has 1 aromatic rings. The zero-order chi connectivity index (χ0) is 13.3. The Bertz CT molecular complexity index is 571. The minimum atomic E-state index is -3.24. The molecular weight excluding hydrogens is 260 g/mol. The Morgan fingerprint density at radius 3 is 2.67 bits per heavy atom. The van der Waals surface area contributed by atoms with E-state index >= 15 is 0 Å². The van der Waals surface area contributed by atoms with E-state index in [2.05, 4.69) is 5.32 Å². The molecule has 18 heavy (non-hydrogen) atoms. The molecule has 8 heteroatoms. The molecule has 1 aliphatic rings. The fourth-order valence-corrected chi connectivity index (χ4v) is 3.63. The van der Waals surface area contributed by atoms with Crippen LogP contribution in [0.1, 0.15) is 0 Å². The molecular formula is C10H12N2O5S. The van der Waals surface area contributed by atoms with Gasteiger partial charge in [-0.3, -0.25) is 10.1 Å². The van der Waals surface area contributed by atoms with Crippen molar-refractivity contribution in [1.29, 1.82) is 0 Å². The van der Waals surface area contributed by atoms with E-state index in [0.717, 1.165) is 0 Å². The van der Waals surface area contributed by atoms with Crippen molar-refractivity contribution in [3.63, 3.8) is 0 Å². The number of benzene rings is 1. The second-order valence-corrected chi connectivity index (χ2v) is 6.36. The normalized spacial score (nSPS) is 25.8. The Kier molecular flexibility index (Phi) is 3.22. The fourth-order valence-electron chi connectivity index (χ4n) is 1.89. The van der Waals surface area contributed by atoms with Gasteiger partial charge in [-0.05, 0) is 6.07 Å². The average molecular weight is 272 g/mol. The van der Waals surface area contributed by atoms with Gasteiger partial charge < -0.3 is 10.4 Å². The summed E-state index contributed by atoms with van der Waals surface area (Å²) in [5.41, 5.74) is 0.334. The maximum Gasteiger partial charge on any atom is 0.271 e. The van der Waals surface area contributed by atoms with Gasteiger partial charge in [0.25, 0.3) is 5.69 Å². The van der Waals surface area contributed by atoms with Crippen LogP contribution in [-0.2, 0) is 9.84 Å². The standard InChI is InChI=1S/C10H12N2O5S/c13-10-6-18(16,17)5-9(10)11-7-2-1-3-8(4-7)12(14)15/h1-4,9-11,13H,5-6H2/t9-,10+/m0/s1. The molecule has 0 aromatic heterocycles. The predicted molar refractivity (Wildman–Crippen MR) is 65.2 cm³/mol. The highest BCUT2D eigenvalue weighted by molar-refractivity contribution is 7.91. The second kappa shape index (κ2) is 4.54. The SMILES string of the molecule is O=[N+]([O-])c1cccc(N[C@H]2CS(=O)(=O)C[C@H]2O)c1. The van der Waals surface area contributed by atoms with Crippen LogP contribution in [0.3, 0.4) is 0 Å². The predicted octanol–water partition coefficient (Wildman–Crippen LogP) is 0.165. The van der Waals surface area contributed by atoms with Crippen molar-refractivity contribution >= 4 is 21.2 Å². The average Bonchev–Trinajstić information content (AvgIpc) is 2.52. The lowest BCUT2D eigenvalue weighted by atomic mass is 10.2. The van der Waals surface area contributed by atoms with Crippen molar-refractivity contribution in [3.8, 4) is 0 Å². The maximum atomic E-state index is 11.3. The highest BCUT2D eigenvalue weighted by Crippen LogP contribution is 2.21. The first-order valence-electron chi connectivity index (χ1n) is 5.27. The summed E-state index contributed by atoms with van der Waals surface area (Å²) < 4.78 is 22.6. The van der Waals surface area contributed by atoms with E-state index in [4.69, 9.17) is 0 Å². The number of aliphatic hydroxyl groups excluding tert-OH is 1. The number of non-ortho nitro benzene ring substituents is 1. The number of anilines is 1. The Morgan fingerprint density at radius 1 is 1.39 bits per heavy atom. The minimum Gasteiger partial charge on any atom is -0.390 e. The van der Waals surface area contributed by atoms with Crippen molar-refractivity contribution in [2.75, 3.05) is 16.8 Å². The molecule has 2 rings (SSSR count). The third-order valence-corrected chi connectivity index (χ3v) is 4.45. The van der Waals surface area contributed by atoms with Gasteiger partial charge in [-0.15, -0.1) is 0 Å². The number of hydrogen-bond acceptors (Lipinski definition) is 6. The summed E-state index contributed by atoms with van der Waals surface area (Å²) in [4.78, 5) is 10.1. The molecule has 2 N–H and O–H groups in total. The van der Waals surface area contributed by atoms with Crippen molar-refractivity contribution in [3.05, 3.63) is 34.4 Å². The van der Waals surface area contributed by atoms with Gasteiger partial charge in [0.2, 0.25) is 0 Å². The molecule has 1 aliphatic heterocycles. The number of nitro benzene ring substituents is 1. The van der Waals surface area contributed by atoms with Crippen LogP contribution in [0.4, 0.5) is 11.4 Å². The monoisotopic (exact) mass is 272 g/mol. The third-order valence-electron chi connectivity index (χ3n) is 2.73. The molecule has 0 unspecified atom stereocenters. The van der Waals surface area contributed by atoms with Gasteiger partial charge in [-0.25, -0.2) is 8.42 Å². The smallest absolute Gasteiger partial charge is 0.271 e. The van der Waals surface area contributed by atoms with Crippen LogP contribution in [-0.4, -0.2) is 42.1 Å². The van der Waals surface area contributed by atoms with Gasteiger partial charge in [0.1, 0.15) is 0 Å². The molecule has 0 saturated carbocycles. The van der Waals surface area contributed by atoms with Gasteiger partial charge in [0.05, 0.1) is 28.6 Å². The molecule has 98 valence electrons. The lowest BCUT2D eigenvalue weighted by Gasteiger charge is -2.15. The summed E-state index contributed by atoms with van der Waals surface area (Å²) in [5, 5.41) is 23.0. The van der Waals surface area contributed by atoms with Gasteiger partial charge >= 0.3 is 0 Å². The van der Waals surface area contributed by atoms with Gasteiger partial charge in [0.15, 0.2) is 9.84 Å². The Morgan fingerprint density at radius 2 is 2.11 bits per heavy atom. The van der Waals surface area contributed by atoms with E-state index < -0.39 is 26.9 Å². The molecule has 2 atom stereocenters. The summed E-state index contributed by atoms with van der Waals surface area (Å²) in [5.74, 6) is -0.448. The fraction of sp³-hybridized carbons (Fsp3) is 0.400. The first kappa shape index (κ1) is 12.8. The Balaban J connectivity index is 2.15. The molecule has 0 radical (unpaired) electrons. The molecule has 7 nitrogen and oxygen atoms in total. The van der Waals surface area contributed by atoms with Gasteiger partial charge in [-0.2, -0.15) is 0 Å². The summed E-state index contributed by atoms with van der Waals surface area (Å²) in [6.07, 6.45) is -0.991. The molecule has 1 aromatic carbocycles. The number of sulfone groups is 1. The van der Waals surface area contributed by atoms with E-state index in [-0.39, 0.29) is 17.2 Å².